The lowest BCUT2D eigenvalue weighted by atomic mass is 9.74. The number of hydrogen-bond donors (Lipinski definition) is 1. The van der Waals surface area contributed by atoms with Gasteiger partial charge in [0.2, 0.25) is 0 Å². The summed E-state index contributed by atoms with van der Waals surface area (Å²) in [5.41, 5.74) is 1.65. The summed E-state index contributed by atoms with van der Waals surface area (Å²) >= 11 is 0. The van der Waals surface area contributed by atoms with Crippen LogP contribution in [0.3, 0.4) is 0 Å². The Morgan fingerprint density at radius 2 is 1.82 bits per heavy atom. The third-order valence-corrected chi connectivity index (χ3v) is 7.54. The number of carbonyl (C=O) groups is 2. The second kappa shape index (κ2) is 11.0. The van der Waals surface area contributed by atoms with Crippen LogP contribution in [-0.2, 0) is 20.7 Å². The van der Waals surface area contributed by atoms with Crippen molar-refractivity contribution in [3.8, 4) is 11.5 Å². The lowest BCUT2D eigenvalue weighted by Crippen LogP contribution is -2.47. The number of piperidine rings is 1. The number of carboxylic acid groups (broad SMARTS) is 1. The summed E-state index contributed by atoms with van der Waals surface area (Å²) in [5, 5.41) is 9.29. The molecule has 190 valence electrons. The van der Waals surface area contributed by atoms with Crippen molar-refractivity contribution in [1.29, 1.82) is 0 Å². The van der Waals surface area contributed by atoms with Gasteiger partial charge in [-0.05, 0) is 80.5 Å². The van der Waals surface area contributed by atoms with Gasteiger partial charge >= 0.3 is 11.9 Å². The average molecular weight is 476 g/mol. The first-order chi connectivity index (χ1) is 16.1. The van der Waals surface area contributed by atoms with Crippen molar-refractivity contribution < 1.29 is 28.9 Å². The largest absolute Gasteiger partial charge is 0.493 e. The molecule has 0 aliphatic carbocycles. The Balaban J connectivity index is 1.73. The maximum Gasteiger partial charge on any atom is 0.309 e. The molecular formula is C27H41NO6. The lowest BCUT2D eigenvalue weighted by Gasteiger charge is -2.47. The molecule has 3 unspecified atom stereocenters. The highest BCUT2D eigenvalue weighted by Gasteiger charge is 2.40. The van der Waals surface area contributed by atoms with E-state index in [4.69, 9.17) is 14.2 Å². The number of hydrogen-bond acceptors (Lipinski definition) is 6. The summed E-state index contributed by atoms with van der Waals surface area (Å²) < 4.78 is 16.8. The number of carboxylic acids is 1. The number of ether oxygens (including phenoxy) is 3. The van der Waals surface area contributed by atoms with E-state index in [0.29, 0.717) is 18.4 Å². The topological polar surface area (TPSA) is 85.3 Å². The summed E-state index contributed by atoms with van der Waals surface area (Å²) in [6, 6.07) is 4.48. The van der Waals surface area contributed by atoms with Crippen molar-refractivity contribution in [3.63, 3.8) is 0 Å². The zero-order chi connectivity index (χ0) is 25.0. The van der Waals surface area contributed by atoms with Crippen LogP contribution in [0.2, 0.25) is 0 Å². The van der Waals surface area contributed by atoms with Gasteiger partial charge in [-0.25, -0.2) is 0 Å². The predicted molar refractivity (Wildman–Crippen MR) is 130 cm³/mol. The molecule has 2 heterocycles. The smallest absolute Gasteiger partial charge is 0.309 e. The highest BCUT2D eigenvalue weighted by atomic mass is 16.5. The first-order valence-corrected chi connectivity index (χ1v) is 12.4. The monoisotopic (exact) mass is 475 g/mol. The second-order valence-corrected chi connectivity index (χ2v) is 10.9. The molecule has 1 N–H and O–H groups in total. The van der Waals surface area contributed by atoms with E-state index in [1.165, 1.54) is 11.1 Å². The lowest BCUT2D eigenvalue weighted by molar-refractivity contribution is -0.150. The number of nitrogens with zero attached hydrogens (tertiary/aromatic N) is 1. The molecule has 0 saturated carbocycles. The minimum Gasteiger partial charge on any atom is -0.493 e. The molecule has 3 rings (SSSR count). The Morgan fingerprint density at radius 1 is 1.15 bits per heavy atom. The minimum atomic E-state index is -0.934. The molecule has 0 radical (unpaired) electrons. The average Bonchev–Trinajstić information content (AvgIpc) is 2.79. The SMILES string of the molecule is COc1cc2c(cc1OC)C1CC(COC(=O)CCC(C)(C)C(=O)O)C(CC(C)C)CN1CC2. The van der Waals surface area contributed by atoms with Gasteiger partial charge in [0.1, 0.15) is 0 Å². The van der Waals surface area contributed by atoms with Gasteiger partial charge in [0.05, 0.1) is 26.2 Å². The van der Waals surface area contributed by atoms with E-state index in [2.05, 4.69) is 30.9 Å². The molecule has 7 nitrogen and oxygen atoms in total. The molecule has 34 heavy (non-hydrogen) atoms. The summed E-state index contributed by atoms with van der Waals surface area (Å²) in [7, 11) is 3.33. The Kier molecular flexibility index (Phi) is 8.50. The van der Waals surface area contributed by atoms with Crippen molar-refractivity contribution >= 4 is 11.9 Å². The first-order valence-electron chi connectivity index (χ1n) is 12.4. The maximum atomic E-state index is 12.5. The van der Waals surface area contributed by atoms with Gasteiger partial charge in [0, 0.05) is 25.6 Å². The standard InChI is InChI=1S/C27H41NO6/c1-17(2)11-19-15-28-10-8-18-13-23(32-5)24(33-6)14-21(18)22(28)12-20(19)16-34-25(29)7-9-27(3,4)26(30)31/h13-14,17,19-20,22H,7-12,15-16H2,1-6H3,(H,30,31). The second-order valence-electron chi connectivity index (χ2n) is 10.9. The van der Waals surface area contributed by atoms with E-state index in [-0.39, 0.29) is 30.8 Å². The van der Waals surface area contributed by atoms with Crippen molar-refractivity contribution in [2.75, 3.05) is 33.9 Å². The molecule has 0 amide bonds. The van der Waals surface area contributed by atoms with Crippen LogP contribution in [0.25, 0.3) is 0 Å². The highest BCUT2D eigenvalue weighted by molar-refractivity contribution is 5.75. The molecule has 1 fully saturated rings. The van der Waals surface area contributed by atoms with Crippen molar-refractivity contribution in [3.05, 3.63) is 23.3 Å². The van der Waals surface area contributed by atoms with Gasteiger partial charge in [-0.2, -0.15) is 0 Å². The Morgan fingerprint density at radius 3 is 2.44 bits per heavy atom. The van der Waals surface area contributed by atoms with E-state index < -0.39 is 11.4 Å². The van der Waals surface area contributed by atoms with Crippen molar-refractivity contribution in [2.24, 2.45) is 23.2 Å². The van der Waals surface area contributed by atoms with E-state index in [1.54, 1.807) is 28.1 Å². The normalized spacial score (nSPS) is 22.6. The van der Waals surface area contributed by atoms with Crippen LogP contribution in [0.4, 0.5) is 0 Å². The predicted octanol–water partition coefficient (Wildman–Crippen LogP) is 4.72. The van der Waals surface area contributed by atoms with E-state index in [1.807, 2.05) is 0 Å². The van der Waals surface area contributed by atoms with Crippen LogP contribution in [-0.4, -0.2) is 55.9 Å². The number of methoxy groups -OCH3 is 2. The summed E-state index contributed by atoms with van der Waals surface area (Å²) in [6.45, 7) is 10.2. The quantitative estimate of drug-likeness (QED) is 0.490. The van der Waals surface area contributed by atoms with Gasteiger partial charge in [-0.3, -0.25) is 14.5 Å². The van der Waals surface area contributed by atoms with Gasteiger partial charge < -0.3 is 19.3 Å². The van der Waals surface area contributed by atoms with Crippen LogP contribution in [0.1, 0.15) is 70.5 Å². The van der Waals surface area contributed by atoms with E-state index in [0.717, 1.165) is 43.9 Å². The van der Waals surface area contributed by atoms with Crippen molar-refractivity contribution in [2.45, 2.75) is 65.8 Å². The zero-order valence-electron chi connectivity index (χ0n) is 21.6. The molecule has 0 aromatic heterocycles. The summed E-state index contributed by atoms with van der Waals surface area (Å²) in [5.74, 6) is 1.59. The Labute approximate surface area is 203 Å². The van der Waals surface area contributed by atoms with E-state index >= 15 is 0 Å². The number of esters is 1. The zero-order valence-corrected chi connectivity index (χ0v) is 21.6. The number of benzene rings is 1. The van der Waals surface area contributed by atoms with Crippen LogP contribution in [0.15, 0.2) is 12.1 Å². The van der Waals surface area contributed by atoms with Gasteiger partial charge in [0.25, 0.3) is 0 Å². The maximum absolute atomic E-state index is 12.5. The van der Waals surface area contributed by atoms with Crippen LogP contribution in [0, 0.1) is 23.2 Å². The van der Waals surface area contributed by atoms with Crippen molar-refractivity contribution in [1.82, 2.24) is 4.90 Å². The molecule has 7 heteroatoms. The fourth-order valence-electron chi connectivity index (χ4n) is 5.37. The van der Waals surface area contributed by atoms with Gasteiger partial charge in [0.15, 0.2) is 11.5 Å². The fraction of sp³-hybridized carbons (Fsp3) is 0.704. The van der Waals surface area contributed by atoms with Crippen LogP contribution in [0.5, 0.6) is 11.5 Å². The number of fused-ring (bicyclic) bond motifs is 3. The molecule has 0 spiro atoms. The van der Waals surface area contributed by atoms with E-state index in [9.17, 15) is 14.7 Å². The summed E-state index contributed by atoms with van der Waals surface area (Å²) in [4.78, 5) is 26.4. The molecule has 1 aromatic carbocycles. The molecule has 1 saturated heterocycles. The molecule has 2 aliphatic heterocycles. The first kappa shape index (κ1) is 26.3. The molecule has 0 bridgehead atoms. The molecule has 1 aromatic rings. The number of carbonyl (C=O) groups excluding carboxylic acids is 1. The molecular weight excluding hydrogens is 434 g/mol. The minimum absolute atomic E-state index is 0.121. The van der Waals surface area contributed by atoms with Crippen LogP contribution >= 0.6 is 0 Å². The Bertz CT molecular complexity index is 880. The Hall–Kier alpha value is -2.28. The third kappa shape index (κ3) is 6.04. The van der Waals surface area contributed by atoms with Crippen LogP contribution < -0.4 is 9.47 Å². The fourth-order valence-corrected chi connectivity index (χ4v) is 5.37. The molecule has 2 aliphatic rings. The highest BCUT2D eigenvalue weighted by Crippen LogP contribution is 2.45. The third-order valence-electron chi connectivity index (χ3n) is 7.54. The van der Waals surface area contributed by atoms with Gasteiger partial charge in [-0.1, -0.05) is 13.8 Å². The number of rotatable bonds is 10. The van der Waals surface area contributed by atoms with Gasteiger partial charge in [-0.15, -0.1) is 0 Å². The molecule has 3 atom stereocenters. The number of aliphatic carboxylic acids is 1. The summed E-state index contributed by atoms with van der Waals surface area (Å²) in [6.07, 6.45) is 3.40.